The van der Waals surface area contributed by atoms with E-state index in [1.165, 1.54) is 25.3 Å². The number of fused-ring (bicyclic) bond motifs is 4. The maximum atomic E-state index is 11.1. The predicted molar refractivity (Wildman–Crippen MR) is 140 cm³/mol. The number of phenolic OH excluding ortho intramolecular Hbond substituents is 1. The first-order valence-electron chi connectivity index (χ1n) is 13.4. The van der Waals surface area contributed by atoms with Crippen LogP contribution in [0.15, 0.2) is 36.4 Å². The Morgan fingerprint density at radius 3 is 2.22 bits per heavy atom. The minimum Gasteiger partial charge on any atom is -0.507 e. The highest BCUT2D eigenvalue weighted by Crippen LogP contribution is 2.41. The van der Waals surface area contributed by atoms with E-state index in [2.05, 4.69) is 11.9 Å². The highest BCUT2D eigenvalue weighted by molar-refractivity contribution is 5.83. The van der Waals surface area contributed by atoms with Crippen LogP contribution in [0.3, 0.4) is 0 Å². The van der Waals surface area contributed by atoms with Crippen molar-refractivity contribution in [3.63, 3.8) is 0 Å². The molecule has 4 fully saturated rings. The number of carbonyl (C=O) groups excluding carboxylic acids is 2. The molecule has 4 aliphatic rings. The van der Waals surface area contributed by atoms with Gasteiger partial charge in [0.15, 0.2) is 12.6 Å². The van der Waals surface area contributed by atoms with Crippen molar-refractivity contribution in [3.05, 3.63) is 53.1 Å². The molecule has 0 aromatic heterocycles. The Morgan fingerprint density at radius 1 is 0.919 bits per heavy atom. The summed E-state index contributed by atoms with van der Waals surface area (Å²) in [7, 11) is 2.23. The Morgan fingerprint density at radius 2 is 1.62 bits per heavy atom. The average Bonchev–Trinajstić information content (AvgIpc) is 3.68. The number of ether oxygens (including phenoxy) is 3. The molecule has 2 aromatic rings. The summed E-state index contributed by atoms with van der Waals surface area (Å²) in [5, 5.41) is 9.55. The maximum absolute atomic E-state index is 11.1. The second-order valence-electron chi connectivity index (χ2n) is 10.9. The van der Waals surface area contributed by atoms with Crippen LogP contribution in [-0.2, 0) is 4.74 Å². The zero-order valence-electron chi connectivity index (χ0n) is 21.7. The van der Waals surface area contributed by atoms with Gasteiger partial charge in [-0.2, -0.15) is 0 Å². The van der Waals surface area contributed by atoms with Crippen LogP contribution in [0.25, 0.3) is 0 Å². The van der Waals surface area contributed by atoms with Crippen molar-refractivity contribution in [1.82, 2.24) is 4.90 Å². The molecule has 7 heteroatoms. The van der Waals surface area contributed by atoms with Gasteiger partial charge >= 0.3 is 0 Å². The van der Waals surface area contributed by atoms with Crippen molar-refractivity contribution in [2.24, 2.45) is 11.8 Å². The number of aromatic hydroxyl groups is 1. The van der Waals surface area contributed by atoms with Crippen molar-refractivity contribution in [2.45, 2.75) is 69.7 Å². The van der Waals surface area contributed by atoms with Gasteiger partial charge in [-0.05, 0) is 76.3 Å². The molecule has 198 valence electrons. The molecule has 0 saturated carbocycles. The monoisotopic (exact) mass is 507 g/mol. The van der Waals surface area contributed by atoms with Gasteiger partial charge in [0.25, 0.3) is 0 Å². The molecule has 0 spiro atoms. The van der Waals surface area contributed by atoms with Crippen LogP contribution in [0.1, 0.15) is 64.8 Å². The molecule has 4 heterocycles. The Kier molecular flexibility index (Phi) is 7.81. The third-order valence-electron chi connectivity index (χ3n) is 8.71. The summed E-state index contributed by atoms with van der Waals surface area (Å²) in [4.78, 5) is 24.5. The quantitative estimate of drug-likeness (QED) is 0.513. The van der Waals surface area contributed by atoms with Gasteiger partial charge in [0.2, 0.25) is 0 Å². The smallest absolute Gasteiger partial charge is 0.157 e. The molecule has 1 N–H and O–H groups in total. The van der Waals surface area contributed by atoms with E-state index in [1.807, 2.05) is 25.1 Å². The molecule has 0 aliphatic carbocycles. The lowest BCUT2D eigenvalue weighted by Crippen LogP contribution is -2.28. The van der Waals surface area contributed by atoms with Crippen LogP contribution in [-0.4, -0.2) is 67.1 Å². The molecule has 0 radical (unpaired) electrons. The third-order valence-corrected chi connectivity index (χ3v) is 8.71. The van der Waals surface area contributed by atoms with E-state index in [9.17, 15) is 14.7 Å². The minimum atomic E-state index is -0.0355. The van der Waals surface area contributed by atoms with Gasteiger partial charge in [0.1, 0.15) is 17.2 Å². The highest BCUT2D eigenvalue weighted by atomic mass is 16.5. The second-order valence-corrected chi connectivity index (χ2v) is 10.9. The number of hydrogen-bond donors (Lipinski definition) is 1. The lowest BCUT2D eigenvalue weighted by molar-refractivity contribution is 0.0823. The first-order chi connectivity index (χ1) is 18.0. The topological polar surface area (TPSA) is 85.3 Å². The van der Waals surface area contributed by atoms with E-state index >= 15 is 0 Å². The first-order valence-corrected chi connectivity index (χ1v) is 13.4. The molecule has 4 bridgehead atoms. The van der Waals surface area contributed by atoms with Crippen LogP contribution >= 0.6 is 0 Å². The number of hydrogen-bond acceptors (Lipinski definition) is 7. The molecular weight excluding hydrogens is 470 g/mol. The standard InChI is InChI=1S/C16H21NO2.C14H16O4/c1-11-4-3-5-16(14(11)9-18)19-10-12-8-13-6-7-15(12)17(13)2;15-7-11-12(16)2-1-3-14(11)17-8-9-6-10-4-5-13(9)18-10/h3-5,9,12-13,15H,6-8,10H2,1-2H3;1-3,7,9-10,13,16H,4-6,8H2. The Hall–Kier alpha value is -2.90. The molecule has 7 nitrogen and oxygen atoms in total. The number of carbonyl (C=O) groups is 2. The van der Waals surface area contributed by atoms with Crippen molar-refractivity contribution in [3.8, 4) is 17.2 Å². The number of rotatable bonds is 8. The minimum absolute atomic E-state index is 0.0355. The van der Waals surface area contributed by atoms with Gasteiger partial charge < -0.3 is 24.2 Å². The molecule has 0 amide bonds. The fourth-order valence-electron chi connectivity index (χ4n) is 6.60. The van der Waals surface area contributed by atoms with E-state index in [0.717, 1.165) is 49.5 Å². The van der Waals surface area contributed by atoms with E-state index in [4.69, 9.17) is 14.2 Å². The van der Waals surface area contributed by atoms with Crippen LogP contribution in [0.5, 0.6) is 17.2 Å². The van der Waals surface area contributed by atoms with Crippen LogP contribution in [0.4, 0.5) is 0 Å². The molecular formula is C30H37NO6. The van der Waals surface area contributed by atoms with Gasteiger partial charge in [0, 0.05) is 23.9 Å². The van der Waals surface area contributed by atoms with Gasteiger partial charge in [-0.1, -0.05) is 18.2 Å². The molecule has 37 heavy (non-hydrogen) atoms. The molecule has 6 rings (SSSR count). The summed E-state index contributed by atoms with van der Waals surface area (Å²) in [5.41, 5.74) is 1.90. The van der Waals surface area contributed by atoms with Crippen molar-refractivity contribution >= 4 is 12.6 Å². The van der Waals surface area contributed by atoms with Gasteiger partial charge in [0.05, 0.1) is 36.5 Å². The van der Waals surface area contributed by atoms with Gasteiger partial charge in [-0.15, -0.1) is 0 Å². The molecule has 2 aromatic carbocycles. The summed E-state index contributed by atoms with van der Waals surface area (Å²) in [6, 6.07) is 12.1. The van der Waals surface area contributed by atoms with Crippen molar-refractivity contribution in [1.29, 1.82) is 0 Å². The van der Waals surface area contributed by atoms with Crippen molar-refractivity contribution < 1.29 is 28.9 Å². The van der Waals surface area contributed by atoms with Crippen molar-refractivity contribution in [2.75, 3.05) is 20.3 Å². The Labute approximate surface area is 218 Å². The molecule has 4 aliphatic heterocycles. The lowest BCUT2D eigenvalue weighted by atomic mass is 9.90. The molecule has 6 atom stereocenters. The average molecular weight is 508 g/mol. The highest BCUT2D eigenvalue weighted by Gasteiger charge is 2.44. The summed E-state index contributed by atoms with van der Waals surface area (Å²) in [6.45, 7) is 3.23. The van der Waals surface area contributed by atoms with Gasteiger partial charge in [-0.25, -0.2) is 0 Å². The molecule has 4 saturated heterocycles. The maximum Gasteiger partial charge on any atom is 0.157 e. The van der Waals surface area contributed by atoms with E-state index in [1.54, 1.807) is 12.1 Å². The van der Waals surface area contributed by atoms with E-state index < -0.39 is 0 Å². The van der Waals surface area contributed by atoms with Crippen LogP contribution in [0, 0.1) is 18.8 Å². The Bertz CT molecular complexity index is 1120. The number of aryl methyl sites for hydroxylation is 1. The van der Waals surface area contributed by atoms with Crippen LogP contribution < -0.4 is 9.47 Å². The SMILES string of the molecule is Cc1cccc(OCC2CC3CCC2N3C)c1C=O.O=Cc1c(O)cccc1OCC1CC2CCC1O2. The first kappa shape index (κ1) is 25.7. The van der Waals surface area contributed by atoms with E-state index in [0.29, 0.717) is 54.3 Å². The predicted octanol–water partition coefficient (Wildman–Crippen LogP) is 4.82. The lowest BCUT2D eigenvalue weighted by Gasteiger charge is -2.22. The number of phenols is 1. The summed E-state index contributed by atoms with van der Waals surface area (Å²) < 4.78 is 17.4. The fourth-order valence-corrected chi connectivity index (χ4v) is 6.60. The van der Waals surface area contributed by atoms with Crippen LogP contribution in [0.2, 0.25) is 0 Å². The number of nitrogens with zero attached hydrogens (tertiary/aromatic N) is 1. The molecule has 6 unspecified atom stereocenters. The fraction of sp³-hybridized carbons (Fsp3) is 0.533. The number of aldehydes is 2. The van der Waals surface area contributed by atoms with E-state index in [-0.39, 0.29) is 11.3 Å². The summed E-state index contributed by atoms with van der Waals surface area (Å²) in [5.74, 6) is 2.18. The summed E-state index contributed by atoms with van der Waals surface area (Å²) in [6.07, 6.45) is 9.42. The second kappa shape index (κ2) is 11.2. The van der Waals surface area contributed by atoms with Gasteiger partial charge in [-0.3, -0.25) is 9.59 Å². The Balaban J connectivity index is 0.000000152. The number of benzene rings is 2. The third kappa shape index (κ3) is 5.39. The zero-order chi connectivity index (χ0) is 25.9. The largest absolute Gasteiger partial charge is 0.507 e. The zero-order valence-corrected chi connectivity index (χ0v) is 21.7. The summed E-state index contributed by atoms with van der Waals surface area (Å²) >= 11 is 0. The normalized spacial score (nSPS) is 29.6.